The van der Waals surface area contributed by atoms with Crippen LogP contribution >= 0.6 is 0 Å². The zero-order valence-electron chi connectivity index (χ0n) is 14.2. The SMILES string of the molecule is Cc1ccc(CN2N=NC(c3ccc(S(=O)(=O)NCCO)cc3)N2)nc1. The average molecular weight is 376 g/mol. The van der Waals surface area contributed by atoms with E-state index in [1.54, 1.807) is 23.4 Å². The van der Waals surface area contributed by atoms with Gasteiger partial charge in [0, 0.05) is 12.7 Å². The molecule has 2 heterocycles. The van der Waals surface area contributed by atoms with Gasteiger partial charge in [-0.3, -0.25) is 4.98 Å². The van der Waals surface area contributed by atoms with E-state index in [9.17, 15) is 8.42 Å². The highest BCUT2D eigenvalue weighted by atomic mass is 32.2. The number of benzene rings is 1. The van der Waals surface area contributed by atoms with Crippen molar-refractivity contribution in [3.63, 3.8) is 0 Å². The number of nitrogens with zero attached hydrogens (tertiary/aromatic N) is 4. The lowest BCUT2D eigenvalue weighted by molar-refractivity contribution is 0.198. The molecular weight excluding hydrogens is 356 g/mol. The molecule has 1 aromatic heterocycles. The highest BCUT2D eigenvalue weighted by Gasteiger charge is 2.21. The van der Waals surface area contributed by atoms with Crippen LogP contribution in [0.15, 0.2) is 57.8 Å². The summed E-state index contributed by atoms with van der Waals surface area (Å²) in [6.07, 6.45) is 1.41. The molecule has 0 bridgehead atoms. The molecule has 0 aliphatic carbocycles. The van der Waals surface area contributed by atoms with Crippen LogP contribution in [0.3, 0.4) is 0 Å². The van der Waals surface area contributed by atoms with E-state index in [2.05, 4.69) is 25.5 Å². The molecule has 0 radical (unpaired) electrons. The Hall–Kier alpha value is -2.40. The van der Waals surface area contributed by atoms with Crippen molar-refractivity contribution in [1.82, 2.24) is 20.2 Å². The number of nitrogens with one attached hydrogen (secondary N) is 2. The molecule has 0 saturated carbocycles. The van der Waals surface area contributed by atoms with E-state index < -0.39 is 10.0 Å². The summed E-state index contributed by atoms with van der Waals surface area (Å²) in [5.74, 6) is 0. The Labute approximate surface area is 151 Å². The van der Waals surface area contributed by atoms with Crippen LogP contribution in [0.2, 0.25) is 0 Å². The van der Waals surface area contributed by atoms with Crippen molar-refractivity contribution >= 4 is 10.0 Å². The Morgan fingerprint density at radius 3 is 2.65 bits per heavy atom. The van der Waals surface area contributed by atoms with Crippen molar-refractivity contribution in [3.05, 3.63) is 59.4 Å². The number of hydrogen-bond acceptors (Lipinski definition) is 8. The van der Waals surface area contributed by atoms with Gasteiger partial charge in [0.05, 0.1) is 23.7 Å². The average Bonchev–Trinajstić information content (AvgIpc) is 3.11. The monoisotopic (exact) mass is 376 g/mol. The van der Waals surface area contributed by atoms with E-state index in [0.29, 0.717) is 6.54 Å². The summed E-state index contributed by atoms with van der Waals surface area (Å²) in [6, 6.07) is 10.3. The van der Waals surface area contributed by atoms with E-state index >= 15 is 0 Å². The normalized spacial score (nSPS) is 17.0. The number of pyridine rings is 1. The molecule has 0 saturated heterocycles. The fraction of sp³-hybridized carbons (Fsp3) is 0.312. The summed E-state index contributed by atoms with van der Waals surface area (Å²) in [6.45, 7) is 2.17. The molecule has 10 heteroatoms. The summed E-state index contributed by atoms with van der Waals surface area (Å²) >= 11 is 0. The van der Waals surface area contributed by atoms with Gasteiger partial charge in [-0.25, -0.2) is 18.3 Å². The molecule has 138 valence electrons. The van der Waals surface area contributed by atoms with Gasteiger partial charge in [0.15, 0.2) is 6.17 Å². The van der Waals surface area contributed by atoms with Gasteiger partial charge in [-0.2, -0.15) is 5.43 Å². The molecule has 2 aromatic rings. The van der Waals surface area contributed by atoms with Crippen LogP contribution in [0.5, 0.6) is 0 Å². The third kappa shape index (κ3) is 4.41. The summed E-state index contributed by atoms with van der Waals surface area (Å²) in [7, 11) is -3.62. The second-order valence-corrected chi connectivity index (χ2v) is 7.58. The van der Waals surface area contributed by atoms with Crippen LogP contribution in [-0.2, 0) is 16.6 Å². The highest BCUT2D eigenvalue weighted by molar-refractivity contribution is 7.89. The molecule has 26 heavy (non-hydrogen) atoms. The number of rotatable bonds is 7. The number of hydrazine groups is 1. The number of hydrogen-bond donors (Lipinski definition) is 3. The molecule has 3 N–H and O–H groups in total. The lowest BCUT2D eigenvalue weighted by atomic mass is 10.2. The van der Waals surface area contributed by atoms with E-state index in [4.69, 9.17) is 5.11 Å². The smallest absolute Gasteiger partial charge is 0.240 e. The standard InChI is InChI=1S/C16H20N6O3S/c1-12-2-5-14(17-10-12)11-22-20-16(19-21-22)13-3-6-15(7-4-13)26(24,25)18-8-9-23/h2-7,10,16,18,20,23H,8-9,11H2,1H3. The molecule has 0 amide bonds. The van der Waals surface area contributed by atoms with Crippen molar-refractivity contribution in [2.45, 2.75) is 24.5 Å². The Bertz CT molecular complexity index is 868. The molecule has 1 atom stereocenters. The molecule has 0 fully saturated rings. The zero-order chi connectivity index (χ0) is 18.6. The van der Waals surface area contributed by atoms with E-state index in [1.807, 2.05) is 19.1 Å². The van der Waals surface area contributed by atoms with Crippen LogP contribution in [0, 0.1) is 6.92 Å². The maximum absolute atomic E-state index is 12.0. The molecule has 1 aromatic carbocycles. The fourth-order valence-corrected chi connectivity index (χ4v) is 3.38. The Balaban J connectivity index is 1.62. The molecule has 3 rings (SSSR count). The first-order valence-electron chi connectivity index (χ1n) is 8.04. The molecule has 9 nitrogen and oxygen atoms in total. The Morgan fingerprint density at radius 2 is 2.00 bits per heavy atom. The van der Waals surface area contributed by atoms with Crippen LogP contribution in [0.25, 0.3) is 0 Å². The predicted octanol–water partition coefficient (Wildman–Crippen LogP) is 1.05. The van der Waals surface area contributed by atoms with E-state index in [1.165, 1.54) is 12.1 Å². The lowest BCUT2D eigenvalue weighted by Crippen LogP contribution is -2.30. The molecule has 0 spiro atoms. The Morgan fingerprint density at radius 1 is 1.23 bits per heavy atom. The largest absolute Gasteiger partial charge is 0.395 e. The van der Waals surface area contributed by atoms with Gasteiger partial charge in [-0.15, -0.1) is 5.11 Å². The summed E-state index contributed by atoms with van der Waals surface area (Å²) in [5.41, 5.74) is 5.86. The van der Waals surface area contributed by atoms with E-state index in [-0.39, 0.29) is 24.2 Å². The second-order valence-electron chi connectivity index (χ2n) is 5.81. The third-order valence-electron chi connectivity index (χ3n) is 3.74. The van der Waals surface area contributed by atoms with Crippen molar-refractivity contribution in [2.75, 3.05) is 13.2 Å². The maximum atomic E-state index is 12.0. The van der Waals surface area contributed by atoms with Gasteiger partial charge in [0.2, 0.25) is 10.0 Å². The van der Waals surface area contributed by atoms with E-state index in [0.717, 1.165) is 16.8 Å². The predicted molar refractivity (Wildman–Crippen MR) is 94.0 cm³/mol. The van der Waals surface area contributed by atoms with Crippen molar-refractivity contribution in [2.24, 2.45) is 10.3 Å². The third-order valence-corrected chi connectivity index (χ3v) is 5.22. The highest BCUT2D eigenvalue weighted by Crippen LogP contribution is 2.22. The Kier molecular flexibility index (Phi) is 5.57. The van der Waals surface area contributed by atoms with Gasteiger partial charge < -0.3 is 5.11 Å². The number of aromatic nitrogens is 1. The maximum Gasteiger partial charge on any atom is 0.240 e. The van der Waals surface area contributed by atoms with Crippen molar-refractivity contribution < 1.29 is 13.5 Å². The zero-order valence-corrected chi connectivity index (χ0v) is 15.0. The first-order valence-corrected chi connectivity index (χ1v) is 9.53. The summed E-state index contributed by atoms with van der Waals surface area (Å²) in [5, 5.41) is 18.6. The van der Waals surface area contributed by atoms with Gasteiger partial charge >= 0.3 is 0 Å². The van der Waals surface area contributed by atoms with Crippen LogP contribution in [0.4, 0.5) is 0 Å². The first kappa shape index (κ1) is 18.4. The lowest BCUT2D eigenvalue weighted by Gasteiger charge is -2.15. The van der Waals surface area contributed by atoms with Crippen molar-refractivity contribution in [1.29, 1.82) is 0 Å². The van der Waals surface area contributed by atoms with Gasteiger partial charge in [0.25, 0.3) is 0 Å². The molecule has 1 unspecified atom stereocenters. The topological polar surface area (TPSA) is 119 Å². The van der Waals surface area contributed by atoms with Crippen LogP contribution in [-0.4, -0.2) is 36.8 Å². The quantitative estimate of drug-likeness (QED) is 0.664. The second kappa shape index (κ2) is 7.87. The van der Waals surface area contributed by atoms with Gasteiger partial charge in [0.1, 0.15) is 0 Å². The minimum atomic E-state index is -3.62. The minimum Gasteiger partial charge on any atom is -0.395 e. The molecule has 1 aliphatic heterocycles. The fourth-order valence-electron chi connectivity index (χ4n) is 2.36. The summed E-state index contributed by atoms with van der Waals surface area (Å²) in [4.78, 5) is 4.46. The molecular formula is C16H20N6O3S. The summed E-state index contributed by atoms with van der Waals surface area (Å²) < 4.78 is 26.3. The van der Waals surface area contributed by atoms with Gasteiger partial charge in [-0.1, -0.05) is 23.4 Å². The molecule has 1 aliphatic rings. The van der Waals surface area contributed by atoms with Crippen LogP contribution < -0.4 is 10.1 Å². The number of aryl methyl sites for hydroxylation is 1. The minimum absolute atomic E-state index is 0.0233. The van der Waals surface area contributed by atoms with Crippen molar-refractivity contribution in [3.8, 4) is 0 Å². The number of sulfonamides is 1. The van der Waals surface area contributed by atoms with Gasteiger partial charge in [-0.05, 0) is 36.2 Å². The first-order chi connectivity index (χ1) is 12.5. The number of aliphatic hydroxyl groups is 1. The van der Waals surface area contributed by atoms with Crippen LogP contribution in [0.1, 0.15) is 23.0 Å². The number of aliphatic hydroxyl groups excluding tert-OH is 1.